The molecule has 80 valence electrons. The molecule has 0 aliphatic rings. The molecule has 1 aromatic rings. The Balaban J connectivity index is 3.39. The van der Waals surface area contributed by atoms with Crippen LogP contribution in [0.15, 0.2) is 4.79 Å². The van der Waals surface area contributed by atoms with Gasteiger partial charge in [-0.15, -0.1) is 0 Å². The second-order valence-corrected chi connectivity index (χ2v) is 4.08. The summed E-state index contributed by atoms with van der Waals surface area (Å²) in [5.41, 5.74) is 1.35. The van der Waals surface area contributed by atoms with Crippen LogP contribution in [0.5, 0.6) is 0 Å². The summed E-state index contributed by atoms with van der Waals surface area (Å²) in [6.45, 7) is 8.13. The average Bonchev–Trinajstić information content (AvgIpc) is 2.14. The highest BCUT2D eigenvalue weighted by molar-refractivity contribution is 5.36. The van der Waals surface area contributed by atoms with E-state index in [1.807, 2.05) is 26.8 Å². The zero-order chi connectivity index (χ0) is 11.6. The first-order valence-corrected chi connectivity index (χ1v) is 4.95. The predicted octanol–water partition coefficient (Wildman–Crippen LogP) is 1.39. The Morgan fingerprint density at radius 1 is 1.47 bits per heavy atom. The van der Waals surface area contributed by atoms with Crippen LogP contribution < -0.4 is 5.56 Å². The van der Waals surface area contributed by atoms with E-state index in [1.165, 1.54) is 4.68 Å². The number of aryl methyl sites for hydroxylation is 1. The van der Waals surface area contributed by atoms with E-state index in [9.17, 15) is 4.79 Å². The summed E-state index contributed by atoms with van der Waals surface area (Å²) in [6.07, 6.45) is 0. The third kappa shape index (κ3) is 2.24. The average molecular weight is 205 g/mol. The van der Waals surface area contributed by atoms with Crippen molar-refractivity contribution in [2.75, 3.05) is 0 Å². The summed E-state index contributed by atoms with van der Waals surface area (Å²) < 4.78 is 1.38. The Bertz CT molecular complexity index is 466. The highest BCUT2D eigenvalue weighted by atomic mass is 16.1. The van der Waals surface area contributed by atoms with Gasteiger partial charge in [-0.3, -0.25) is 4.79 Å². The largest absolute Gasteiger partial charge is 0.284 e. The fourth-order valence-corrected chi connectivity index (χ4v) is 1.37. The van der Waals surface area contributed by atoms with Gasteiger partial charge in [-0.2, -0.15) is 10.4 Å². The molecule has 0 aromatic carbocycles. The lowest BCUT2D eigenvalue weighted by Gasteiger charge is -2.10. The quantitative estimate of drug-likeness (QED) is 0.733. The molecule has 0 N–H and O–H groups in total. The molecule has 1 heterocycles. The molecule has 0 radical (unpaired) electrons. The summed E-state index contributed by atoms with van der Waals surface area (Å²) in [6, 6.07) is 1.94. The van der Waals surface area contributed by atoms with Crippen LogP contribution >= 0.6 is 0 Å². The fraction of sp³-hybridized carbons (Fsp3) is 0.545. The first kappa shape index (κ1) is 11.4. The minimum atomic E-state index is -0.283. The molecule has 0 unspecified atom stereocenters. The molecular weight excluding hydrogens is 190 g/mol. The fourth-order valence-electron chi connectivity index (χ4n) is 1.37. The monoisotopic (exact) mass is 205 g/mol. The smallest absolute Gasteiger partial charge is 0.266 e. The normalized spacial score (nSPS) is 10.4. The number of nitriles is 1. The van der Waals surface area contributed by atoms with Crippen molar-refractivity contribution in [1.29, 1.82) is 5.26 Å². The molecule has 15 heavy (non-hydrogen) atoms. The molecule has 0 atom stereocenters. The highest BCUT2D eigenvalue weighted by Gasteiger charge is 2.11. The van der Waals surface area contributed by atoms with Gasteiger partial charge in [0.15, 0.2) is 0 Å². The lowest BCUT2D eigenvalue weighted by atomic mass is 10.1. The van der Waals surface area contributed by atoms with Crippen molar-refractivity contribution in [3.63, 3.8) is 0 Å². The summed E-state index contributed by atoms with van der Waals surface area (Å²) in [4.78, 5) is 11.8. The van der Waals surface area contributed by atoms with Gasteiger partial charge < -0.3 is 0 Å². The van der Waals surface area contributed by atoms with Crippen molar-refractivity contribution in [3.8, 4) is 6.07 Å². The van der Waals surface area contributed by atoms with Crippen LogP contribution in [-0.2, 0) is 6.54 Å². The van der Waals surface area contributed by atoms with E-state index in [-0.39, 0.29) is 11.1 Å². The minimum absolute atomic E-state index is 0.211. The molecule has 0 saturated carbocycles. The molecule has 0 saturated heterocycles. The highest BCUT2D eigenvalue weighted by Crippen LogP contribution is 2.05. The number of hydrogen-bond acceptors (Lipinski definition) is 3. The Hall–Kier alpha value is -1.63. The Morgan fingerprint density at radius 2 is 2.07 bits per heavy atom. The molecule has 0 aliphatic carbocycles. The lowest BCUT2D eigenvalue weighted by molar-refractivity contribution is 0.458. The van der Waals surface area contributed by atoms with Crippen molar-refractivity contribution in [2.45, 2.75) is 34.2 Å². The number of rotatable bonds is 2. The molecular formula is C11H15N3O. The van der Waals surface area contributed by atoms with Gasteiger partial charge in [0.1, 0.15) is 11.6 Å². The van der Waals surface area contributed by atoms with Gasteiger partial charge in [0.2, 0.25) is 0 Å². The van der Waals surface area contributed by atoms with E-state index in [0.29, 0.717) is 18.0 Å². The first-order chi connectivity index (χ1) is 6.97. The van der Waals surface area contributed by atoms with E-state index in [0.717, 1.165) is 5.69 Å². The molecule has 1 rings (SSSR count). The second kappa shape index (κ2) is 4.26. The molecule has 0 fully saturated rings. The van der Waals surface area contributed by atoms with Crippen molar-refractivity contribution >= 4 is 0 Å². The topological polar surface area (TPSA) is 58.7 Å². The van der Waals surface area contributed by atoms with Crippen molar-refractivity contribution in [3.05, 3.63) is 27.2 Å². The van der Waals surface area contributed by atoms with Crippen LogP contribution in [0.25, 0.3) is 0 Å². The number of aromatic nitrogens is 2. The van der Waals surface area contributed by atoms with Gasteiger partial charge in [0.05, 0.1) is 5.69 Å². The van der Waals surface area contributed by atoms with Crippen LogP contribution in [0, 0.1) is 31.1 Å². The zero-order valence-corrected chi connectivity index (χ0v) is 9.53. The standard InChI is InChI=1S/C11H15N3O/c1-7(2)6-14-11(15)10(5-12)8(3)9(4)13-14/h7H,6H2,1-4H3. The van der Waals surface area contributed by atoms with E-state index in [1.54, 1.807) is 6.92 Å². The van der Waals surface area contributed by atoms with Crippen molar-refractivity contribution < 1.29 is 0 Å². The van der Waals surface area contributed by atoms with E-state index in [4.69, 9.17) is 5.26 Å². The molecule has 4 heteroatoms. The van der Waals surface area contributed by atoms with Crippen molar-refractivity contribution in [2.24, 2.45) is 5.92 Å². The van der Waals surface area contributed by atoms with Gasteiger partial charge in [-0.25, -0.2) is 4.68 Å². The minimum Gasteiger partial charge on any atom is -0.266 e. The maximum Gasteiger partial charge on any atom is 0.284 e. The molecule has 0 spiro atoms. The maximum absolute atomic E-state index is 11.8. The lowest BCUT2D eigenvalue weighted by Crippen LogP contribution is -2.29. The first-order valence-electron chi connectivity index (χ1n) is 4.95. The van der Waals surface area contributed by atoms with E-state index in [2.05, 4.69) is 5.10 Å². The van der Waals surface area contributed by atoms with Gasteiger partial charge in [-0.05, 0) is 25.3 Å². The van der Waals surface area contributed by atoms with Crippen molar-refractivity contribution in [1.82, 2.24) is 9.78 Å². The number of nitrogens with zero attached hydrogens (tertiary/aromatic N) is 3. The van der Waals surface area contributed by atoms with E-state index < -0.39 is 0 Å². The van der Waals surface area contributed by atoms with Gasteiger partial charge >= 0.3 is 0 Å². The Kier molecular flexibility index (Phi) is 3.25. The van der Waals surface area contributed by atoms with Crippen LogP contribution in [0.1, 0.15) is 30.7 Å². The van der Waals surface area contributed by atoms with Crippen LogP contribution in [0.2, 0.25) is 0 Å². The van der Waals surface area contributed by atoms with Crippen LogP contribution in [0.4, 0.5) is 0 Å². The predicted molar refractivity (Wildman–Crippen MR) is 57.5 cm³/mol. The molecule has 1 aromatic heterocycles. The molecule has 4 nitrogen and oxygen atoms in total. The summed E-state index contributed by atoms with van der Waals surface area (Å²) in [5, 5.41) is 13.1. The Labute approximate surface area is 89.2 Å². The van der Waals surface area contributed by atoms with Gasteiger partial charge in [-0.1, -0.05) is 13.8 Å². The van der Waals surface area contributed by atoms with Crippen LogP contribution in [0.3, 0.4) is 0 Å². The molecule has 0 aliphatic heterocycles. The second-order valence-electron chi connectivity index (χ2n) is 4.08. The summed E-state index contributed by atoms with van der Waals surface area (Å²) >= 11 is 0. The molecule has 0 bridgehead atoms. The molecule has 0 amide bonds. The summed E-state index contributed by atoms with van der Waals surface area (Å²) in [7, 11) is 0. The Morgan fingerprint density at radius 3 is 2.53 bits per heavy atom. The third-order valence-corrected chi connectivity index (χ3v) is 2.29. The summed E-state index contributed by atoms with van der Waals surface area (Å²) in [5.74, 6) is 0.337. The SMILES string of the molecule is Cc1nn(CC(C)C)c(=O)c(C#N)c1C. The van der Waals surface area contributed by atoms with E-state index >= 15 is 0 Å². The van der Waals surface area contributed by atoms with Gasteiger partial charge in [0, 0.05) is 6.54 Å². The third-order valence-electron chi connectivity index (χ3n) is 2.29. The van der Waals surface area contributed by atoms with Crippen LogP contribution in [-0.4, -0.2) is 9.78 Å². The maximum atomic E-state index is 11.8. The zero-order valence-electron chi connectivity index (χ0n) is 9.53. The number of hydrogen-bond donors (Lipinski definition) is 0. The van der Waals surface area contributed by atoms with Gasteiger partial charge in [0.25, 0.3) is 5.56 Å².